The van der Waals surface area contributed by atoms with Crippen LogP contribution in [0.25, 0.3) is 10.9 Å². The molecule has 0 saturated carbocycles. The van der Waals surface area contributed by atoms with Crippen LogP contribution in [-0.2, 0) is 85.3 Å². The lowest BCUT2D eigenvalue weighted by atomic mass is 9.85. The van der Waals surface area contributed by atoms with Crippen molar-refractivity contribution in [1.82, 2.24) is 52.0 Å². The Balaban J connectivity index is 1.23. The average molecular weight is 1370 g/mol. The maximum absolute atomic E-state index is 15.4. The van der Waals surface area contributed by atoms with Gasteiger partial charge in [0.15, 0.2) is 11.6 Å². The molecule has 2 fully saturated rings. The summed E-state index contributed by atoms with van der Waals surface area (Å²) in [5.74, 6) is -12.7. The molecule has 12 atom stereocenters. The molecule has 31 heteroatoms. The monoisotopic (exact) mass is 1370 g/mol. The number of rotatable bonds is 27. The number of imide groups is 1. The number of hydrogen-bond acceptors (Lipinski definition) is 19. The number of carbonyl (C=O) groups is 13. The van der Waals surface area contributed by atoms with E-state index in [2.05, 4.69) is 42.2 Å². The highest BCUT2D eigenvalue weighted by Gasteiger charge is 2.45. The first-order chi connectivity index (χ1) is 45.3. The molecule has 1 aromatic heterocycles. The van der Waals surface area contributed by atoms with Crippen molar-refractivity contribution in [2.24, 2.45) is 35.3 Å². The number of H-pyrrole nitrogens is 1. The Morgan fingerprint density at radius 2 is 1.48 bits per heavy atom. The van der Waals surface area contributed by atoms with E-state index in [1.54, 1.807) is 32.9 Å². The molecule has 4 aliphatic heterocycles. The number of nitrogens with one attached hydrogen (secondary N) is 8. The molecule has 0 aliphatic carbocycles. The molecule has 526 valence electrons. The number of fused-ring (bicyclic) bond motifs is 5. The molecular weight excluding hydrogens is 1270 g/mol. The summed E-state index contributed by atoms with van der Waals surface area (Å²) < 4.78 is 21.2. The maximum Gasteiger partial charge on any atom is 0.246 e. The number of hydrogen-bond donors (Lipinski definition) is 12. The summed E-state index contributed by atoms with van der Waals surface area (Å²) in [5.41, 5.74) is 6.75. The van der Waals surface area contributed by atoms with Crippen molar-refractivity contribution in [3.05, 3.63) is 23.3 Å². The zero-order valence-corrected chi connectivity index (χ0v) is 56.5. The first-order valence-corrected chi connectivity index (χ1v) is 35.3. The Kier molecular flexibility index (Phi) is 30.1. The van der Waals surface area contributed by atoms with Crippen molar-refractivity contribution in [1.29, 1.82) is 0 Å². The standard InChI is InChI=1S/C64H95N11O18S2/c1-6-35(2)42-26-39(77)29-68-58(86)38-24-43-41-17-18-50(93-5)44(33-94-22-14-12-20-67-52(82)15-9-7-11-19-66-53(83)16-10-8-13-21-74-55(85)23-36(3)63(74)90)57(41)73-62(43)95(92)34-46(70-54(84)30-69-59(42)87)60(88)71-45(28-51(65)81)64(91)75-31-40(78)27-47(75)61(89)72-56(48(79)25-38)37(4)49(80)32-76/h17-18,35-38,40,42,45-47,49,56,73,76,78,80H,6-16,19-34H2,1-5H3,(H2,65,81)(H,66,83)(H,67,82)(H,68,86)(H,69,87)(H,70,84)(H,71,88)(H,72,89)/t35-,36?,37-,38+,40+,42-,45-,46-,47-,49-,56-,95?/m0/s1. The fraction of sp³-hybridized carbons (Fsp3) is 0.672. The van der Waals surface area contributed by atoms with Gasteiger partial charge in [0.05, 0.1) is 73.5 Å². The third-order valence-corrected chi connectivity index (χ3v) is 20.6. The lowest BCUT2D eigenvalue weighted by Gasteiger charge is -2.32. The number of aliphatic hydroxyl groups is 3. The SMILES string of the molecule is CC[C@H](C)[C@@H]1CC(=O)CNC(=O)[C@H]2CC(=O)[C@H]([C@@H](C)[C@@H](O)CO)NC(=O)[C@@H]3C[C@@H](O)CN3C(=O)[C@H](CC(N)=O)NC(=O)[C@H](CS(=O)c3[nH]c4c(CSCCCCNC(=O)CCCCCNC(=O)CCCCCN5C(=O)CC(C)C5=O)c(OC)ccc4c3C2)NC(=O)CNC1=O. The highest BCUT2D eigenvalue weighted by Crippen LogP contribution is 2.37. The van der Waals surface area contributed by atoms with Crippen molar-refractivity contribution in [2.45, 2.75) is 184 Å². The smallest absolute Gasteiger partial charge is 0.246 e. The molecule has 2 bridgehead atoms. The van der Waals surface area contributed by atoms with Crippen molar-refractivity contribution < 1.29 is 86.6 Å². The molecule has 2 aromatic rings. The van der Waals surface area contributed by atoms with Crippen molar-refractivity contribution in [3.8, 4) is 5.75 Å². The van der Waals surface area contributed by atoms with Crippen LogP contribution in [0, 0.1) is 29.6 Å². The van der Waals surface area contributed by atoms with E-state index >= 15 is 9.00 Å². The number of primary amides is 1. The minimum absolute atomic E-state index is 0.0713. The molecule has 4 aliphatic rings. The number of likely N-dealkylation sites (tertiary alicyclic amines) is 1. The molecule has 13 N–H and O–H groups in total. The molecule has 2 saturated heterocycles. The topological polar surface area (TPSA) is 441 Å². The second-order valence-corrected chi connectivity index (χ2v) is 27.8. The predicted octanol–water partition coefficient (Wildman–Crippen LogP) is -0.674. The number of aliphatic hydroxyl groups excluding tert-OH is 3. The summed E-state index contributed by atoms with van der Waals surface area (Å²) in [4.78, 5) is 182. The molecule has 0 spiro atoms. The van der Waals surface area contributed by atoms with E-state index in [-0.39, 0.29) is 58.7 Å². The van der Waals surface area contributed by atoms with Crippen LogP contribution >= 0.6 is 11.8 Å². The second kappa shape index (κ2) is 37.2. The third-order valence-electron chi connectivity index (χ3n) is 18.1. The molecule has 1 aromatic carbocycles. The van der Waals surface area contributed by atoms with Gasteiger partial charge in [0.2, 0.25) is 65.0 Å². The average Bonchev–Trinajstić information content (AvgIpc) is 1.63. The highest BCUT2D eigenvalue weighted by atomic mass is 32.2. The number of ether oxygens (including phenoxy) is 1. The van der Waals surface area contributed by atoms with Gasteiger partial charge < -0.3 is 72.9 Å². The zero-order chi connectivity index (χ0) is 69.6. The van der Waals surface area contributed by atoms with Gasteiger partial charge in [-0.1, -0.05) is 47.0 Å². The van der Waals surface area contributed by atoms with Gasteiger partial charge in [0, 0.05) is 105 Å². The number of nitrogens with zero attached hydrogens (tertiary/aromatic N) is 2. The molecule has 11 amide bonds. The number of ketones is 2. The van der Waals surface area contributed by atoms with Gasteiger partial charge in [-0.3, -0.25) is 71.4 Å². The van der Waals surface area contributed by atoms with Gasteiger partial charge in [-0.25, -0.2) is 0 Å². The third kappa shape index (κ3) is 21.8. The zero-order valence-electron chi connectivity index (χ0n) is 54.9. The molecule has 5 heterocycles. The number of unbranched alkanes of at least 4 members (excludes halogenated alkanes) is 5. The number of thioether (sulfide) groups is 1. The maximum atomic E-state index is 15.4. The van der Waals surface area contributed by atoms with Gasteiger partial charge in [0.25, 0.3) is 0 Å². The van der Waals surface area contributed by atoms with Crippen LogP contribution < -0.4 is 47.7 Å². The summed E-state index contributed by atoms with van der Waals surface area (Å²) >= 11 is 1.51. The Hall–Kier alpha value is -7.35. The van der Waals surface area contributed by atoms with Crippen LogP contribution in [0.5, 0.6) is 5.75 Å². The van der Waals surface area contributed by atoms with Crippen LogP contribution in [0.4, 0.5) is 0 Å². The van der Waals surface area contributed by atoms with E-state index in [4.69, 9.17) is 10.5 Å². The molecular formula is C64H95N11O18S2. The molecule has 6 rings (SSSR count). The molecule has 29 nitrogen and oxygen atoms in total. The molecule has 0 radical (unpaired) electrons. The summed E-state index contributed by atoms with van der Waals surface area (Å²) in [5, 5.41) is 50.9. The first-order valence-electron chi connectivity index (χ1n) is 32.9. The Labute approximate surface area is 559 Å². The second-order valence-electron chi connectivity index (χ2n) is 25.3. The fourth-order valence-corrected chi connectivity index (χ4v) is 14.7. The summed E-state index contributed by atoms with van der Waals surface area (Å²) in [6.45, 7) is 5.13. The first kappa shape index (κ1) is 76.7. The summed E-state index contributed by atoms with van der Waals surface area (Å²) in [6, 6.07) is -3.66. The highest BCUT2D eigenvalue weighted by molar-refractivity contribution is 7.98. The Morgan fingerprint density at radius 3 is 2.13 bits per heavy atom. The van der Waals surface area contributed by atoms with Crippen LogP contribution in [0.2, 0.25) is 0 Å². The number of amides is 11. The lowest BCUT2D eigenvalue weighted by Crippen LogP contribution is -2.60. The van der Waals surface area contributed by atoms with E-state index in [0.29, 0.717) is 105 Å². The quantitative estimate of drug-likeness (QED) is 0.0390. The van der Waals surface area contributed by atoms with Crippen LogP contribution in [0.3, 0.4) is 0 Å². The number of Topliss-reactive ketones (excluding diaryl/α,β-unsaturated/α-hetero) is 2. The van der Waals surface area contributed by atoms with Gasteiger partial charge in [0.1, 0.15) is 28.9 Å². The molecule has 2 unspecified atom stereocenters. The van der Waals surface area contributed by atoms with Crippen molar-refractivity contribution in [3.63, 3.8) is 0 Å². The lowest BCUT2D eigenvalue weighted by molar-refractivity contribution is -0.144. The molecule has 95 heavy (non-hydrogen) atoms. The minimum atomic E-state index is -2.41. The number of benzene rings is 1. The van der Waals surface area contributed by atoms with E-state index < -0.39 is 181 Å². The fourth-order valence-electron chi connectivity index (χ4n) is 12.2. The Bertz CT molecular complexity index is 3160. The van der Waals surface area contributed by atoms with Crippen molar-refractivity contribution >= 4 is 110 Å². The van der Waals surface area contributed by atoms with Crippen LogP contribution in [0.1, 0.15) is 142 Å². The largest absolute Gasteiger partial charge is 0.496 e. The van der Waals surface area contributed by atoms with Crippen LogP contribution in [-0.4, -0.2) is 212 Å². The van der Waals surface area contributed by atoms with E-state index in [1.165, 1.54) is 30.7 Å². The van der Waals surface area contributed by atoms with E-state index in [9.17, 15) is 72.9 Å². The van der Waals surface area contributed by atoms with Gasteiger partial charge in [-0.2, -0.15) is 11.8 Å². The van der Waals surface area contributed by atoms with Crippen LogP contribution in [0.15, 0.2) is 17.2 Å². The summed E-state index contributed by atoms with van der Waals surface area (Å²) in [7, 11) is -0.961. The minimum Gasteiger partial charge on any atom is -0.496 e. The number of carbonyl (C=O) groups excluding carboxylic acids is 13. The van der Waals surface area contributed by atoms with Crippen molar-refractivity contribution in [2.75, 3.05) is 64.5 Å². The van der Waals surface area contributed by atoms with Gasteiger partial charge >= 0.3 is 0 Å². The van der Waals surface area contributed by atoms with E-state index in [0.717, 1.165) is 17.7 Å². The summed E-state index contributed by atoms with van der Waals surface area (Å²) in [6.07, 6.45) is 0.942. The number of aromatic nitrogens is 1. The normalized spacial score (nSPS) is 24.8. The number of methoxy groups -OCH3 is 1. The van der Waals surface area contributed by atoms with Gasteiger partial charge in [-0.05, 0) is 74.3 Å². The number of aromatic amines is 1. The van der Waals surface area contributed by atoms with Gasteiger partial charge in [-0.15, -0.1) is 0 Å². The number of nitrogens with two attached hydrogens (primary N) is 1. The van der Waals surface area contributed by atoms with E-state index in [1.807, 2.05) is 0 Å². The Morgan fingerprint density at radius 1 is 0.811 bits per heavy atom. The predicted molar refractivity (Wildman–Crippen MR) is 348 cm³/mol.